The van der Waals surface area contributed by atoms with Crippen LogP contribution in [0.3, 0.4) is 0 Å². The van der Waals surface area contributed by atoms with Gasteiger partial charge in [0.05, 0.1) is 11.1 Å². The molecule has 0 aromatic carbocycles. The fourth-order valence-electron chi connectivity index (χ4n) is 7.06. The minimum absolute atomic E-state index is 0.0861. The quantitative estimate of drug-likeness (QED) is 0.696. The van der Waals surface area contributed by atoms with Gasteiger partial charge in [-0.25, -0.2) is 0 Å². The molecule has 128 valence electrons. The van der Waals surface area contributed by atoms with Crippen LogP contribution >= 0.6 is 11.6 Å². The van der Waals surface area contributed by atoms with Gasteiger partial charge in [-0.1, -0.05) is 25.4 Å². The third-order valence-corrected chi connectivity index (χ3v) is 9.16. The van der Waals surface area contributed by atoms with Crippen LogP contribution in [0.25, 0.3) is 0 Å². The van der Waals surface area contributed by atoms with Crippen molar-refractivity contribution in [3.05, 3.63) is 10.6 Å². The Balaban J connectivity index is 1.74. The van der Waals surface area contributed by atoms with Crippen LogP contribution in [0.15, 0.2) is 10.6 Å². The summed E-state index contributed by atoms with van der Waals surface area (Å²) >= 11 is 6.41. The highest BCUT2D eigenvalue weighted by molar-refractivity contribution is 6.43. The highest BCUT2D eigenvalue weighted by atomic mass is 35.5. The first kappa shape index (κ1) is 16.1. The molecule has 0 amide bonds. The van der Waals surface area contributed by atoms with E-state index in [0.717, 1.165) is 24.8 Å². The number of Topliss-reactive ketones (excluding diaryl/α,β-unsaturated/α-hetero) is 1. The molecule has 0 heterocycles. The molecule has 0 aromatic rings. The molecule has 23 heavy (non-hydrogen) atoms. The molecule has 0 saturated heterocycles. The topological polar surface area (TPSA) is 37.3 Å². The molecule has 0 bridgehead atoms. The van der Waals surface area contributed by atoms with E-state index < -0.39 is 0 Å². The predicted molar refractivity (Wildman–Crippen MR) is 92.1 cm³/mol. The number of aliphatic hydroxyl groups excluding tert-OH is 1. The first-order valence-corrected chi connectivity index (χ1v) is 9.76. The van der Waals surface area contributed by atoms with Crippen LogP contribution in [0, 0.1) is 34.5 Å². The molecule has 7 atom stereocenters. The van der Waals surface area contributed by atoms with Gasteiger partial charge >= 0.3 is 0 Å². The number of carbonyl (C=O) groups is 1. The standard InChI is InChI=1S/C20H29ClO2/c1-11-18(21)16(22)10-12-4-5-13-14-6-7-17(23)19(14,2)9-8-15(13)20(11,12)3/h12-15,17,23H,4-10H2,1-3H3/t12-,13-,14-,15-,17-,19-,20-/m0/s1. The molecular formula is C20H29ClO2. The minimum atomic E-state index is -0.118. The van der Waals surface area contributed by atoms with Crippen molar-refractivity contribution in [1.82, 2.24) is 0 Å². The second-order valence-electron chi connectivity index (χ2n) is 9.14. The van der Waals surface area contributed by atoms with E-state index in [1.807, 2.05) is 0 Å². The van der Waals surface area contributed by atoms with Gasteiger partial charge in [-0.2, -0.15) is 0 Å². The number of fused-ring (bicyclic) bond motifs is 5. The van der Waals surface area contributed by atoms with E-state index >= 15 is 0 Å². The molecule has 3 saturated carbocycles. The Morgan fingerprint density at radius 3 is 2.57 bits per heavy atom. The molecule has 4 aliphatic rings. The summed E-state index contributed by atoms with van der Waals surface area (Å²) in [6.07, 6.45) is 7.35. The van der Waals surface area contributed by atoms with E-state index in [1.165, 1.54) is 19.3 Å². The Morgan fingerprint density at radius 1 is 1.09 bits per heavy atom. The summed E-state index contributed by atoms with van der Waals surface area (Å²) in [5.41, 5.74) is 1.36. The molecule has 3 heteroatoms. The van der Waals surface area contributed by atoms with Crippen molar-refractivity contribution < 1.29 is 9.90 Å². The van der Waals surface area contributed by atoms with Crippen molar-refractivity contribution >= 4 is 17.4 Å². The van der Waals surface area contributed by atoms with Crippen molar-refractivity contribution in [3.63, 3.8) is 0 Å². The Morgan fingerprint density at radius 2 is 1.83 bits per heavy atom. The summed E-state index contributed by atoms with van der Waals surface area (Å²) in [6, 6.07) is 0. The predicted octanol–water partition coefficient (Wildman–Crippen LogP) is 4.69. The first-order valence-electron chi connectivity index (χ1n) is 9.38. The number of aliphatic hydroxyl groups is 1. The van der Waals surface area contributed by atoms with E-state index in [4.69, 9.17) is 11.6 Å². The van der Waals surface area contributed by atoms with E-state index in [-0.39, 0.29) is 22.7 Å². The maximum Gasteiger partial charge on any atom is 0.174 e. The smallest absolute Gasteiger partial charge is 0.174 e. The maximum atomic E-state index is 12.2. The number of hydrogen-bond donors (Lipinski definition) is 1. The molecule has 0 aliphatic heterocycles. The van der Waals surface area contributed by atoms with E-state index in [2.05, 4.69) is 20.8 Å². The lowest BCUT2D eigenvalue weighted by atomic mass is 9.45. The molecule has 2 nitrogen and oxygen atoms in total. The number of allylic oxidation sites excluding steroid dienone is 2. The second-order valence-corrected chi connectivity index (χ2v) is 9.52. The van der Waals surface area contributed by atoms with Gasteiger partial charge in [0.1, 0.15) is 0 Å². The zero-order chi connectivity index (χ0) is 16.6. The number of hydrogen-bond acceptors (Lipinski definition) is 2. The van der Waals surface area contributed by atoms with Gasteiger partial charge in [0.2, 0.25) is 0 Å². The summed E-state index contributed by atoms with van der Waals surface area (Å²) < 4.78 is 0. The third kappa shape index (κ3) is 1.94. The van der Waals surface area contributed by atoms with Gasteiger partial charge in [0.25, 0.3) is 0 Å². The summed E-state index contributed by atoms with van der Waals surface area (Å²) in [4.78, 5) is 12.2. The van der Waals surface area contributed by atoms with Crippen molar-refractivity contribution in [2.75, 3.05) is 0 Å². The molecule has 4 aliphatic carbocycles. The maximum absolute atomic E-state index is 12.2. The zero-order valence-electron chi connectivity index (χ0n) is 14.6. The monoisotopic (exact) mass is 336 g/mol. The number of ketones is 1. The van der Waals surface area contributed by atoms with Crippen LogP contribution in [0.1, 0.15) is 65.7 Å². The van der Waals surface area contributed by atoms with E-state index in [1.54, 1.807) is 0 Å². The average Bonchev–Trinajstić information content (AvgIpc) is 2.83. The van der Waals surface area contributed by atoms with E-state index in [9.17, 15) is 9.90 Å². The van der Waals surface area contributed by atoms with Crippen molar-refractivity contribution in [3.8, 4) is 0 Å². The highest BCUT2D eigenvalue weighted by Gasteiger charge is 2.61. The summed E-state index contributed by atoms with van der Waals surface area (Å²) in [5.74, 6) is 2.60. The minimum Gasteiger partial charge on any atom is -0.393 e. The second kappa shape index (κ2) is 5.08. The largest absolute Gasteiger partial charge is 0.393 e. The van der Waals surface area contributed by atoms with E-state index in [0.29, 0.717) is 35.1 Å². The van der Waals surface area contributed by atoms with Gasteiger partial charge in [-0.15, -0.1) is 0 Å². The summed E-state index contributed by atoms with van der Waals surface area (Å²) in [6.45, 7) is 6.80. The number of halogens is 1. The number of rotatable bonds is 0. The lowest BCUT2D eigenvalue weighted by Gasteiger charge is -2.60. The van der Waals surface area contributed by atoms with Gasteiger partial charge in [0.15, 0.2) is 5.78 Å². The van der Waals surface area contributed by atoms with Crippen LogP contribution in [0.5, 0.6) is 0 Å². The molecular weight excluding hydrogens is 308 g/mol. The van der Waals surface area contributed by atoms with Crippen LogP contribution in [-0.4, -0.2) is 17.0 Å². The Hall–Kier alpha value is -0.340. The van der Waals surface area contributed by atoms with Gasteiger partial charge < -0.3 is 5.11 Å². The molecule has 0 spiro atoms. The fraction of sp³-hybridized carbons (Fsp3) is 0.850. The molecule has 1 N–H and O–H groups in total. The SMILES string of the molecule is CC1=C(Cl)C(=O)C[C@@H]2CC[C@H]3[C@@H]4CC[C@H](O)[C@@]4(C)CC[C@@H]3[C@@]12C. The summed E-state index contributed by atoms with van der Waals surface area (Å²) in [7, 11) is 0. The Bertz CT molecular complexity index is 582. The zero-order valence-corrected chi connectivity index (χ0v) is 15.3. The van der Waals surface area contributed by atoms with Gasteiger partial charge in [0, 0.05) is 6.42 Å². The number of carbonyl (C=O) groups excluding carboxylic acids is 1. The Labute approximate surface area is 144 Å². The normalized spacial score (nSPS) is 52.9. The molecule has 0 radical (unpaired) electrons. The molecule has 4 rings (SSSR count). The van der Waals surface area contributed by atoms with Crippen molar-refractivity contribution in [2.45, 2.75) is 71.8 Å². The Kier molecular flexibility index (Phi) is 3.57. The highest BCUT2D eigenvalue weighted by Crippen LogP contribution is 2.66. The summed E-state index contributed by atoms with van der Waals surface area (Å²) in [5, 5.41) is 11.0. The van der Waals surface area contributed by atoms with Crippen molar-refractivity contribution in [1.29, 1.82) is 0 Å². The van der Waals surface area contributed by atoms with Crippen LogP contribution < -0.4 is 0 Å². The van der Waals surface area contributed by atoms with Crippen LogP contribution in [-0.2, 0) is 4.79 Å². The van der Waals surface area contributed by atoms with Crippen LogP contribution in [0.4, 0.5) is 0 Å². The lowest BCUT2D eigenvalue weighted by molar-refractivity contribution is -0.125. The molecule has 0 aromatic heterocycles. The third-order valence-electron chi connectivity index (χ3n) is 8.67. The molecule has 3 fully saturated rings. The van der Waals surface area contributed by atoms with Crippen molar-refractivity contribution in [2.24, 2.45) is 34.5 Å². The lowest BCUT2D eigenvalue weighted by Crippen LogP contribution is -2.54. The molecule has 0 unspecified atom stereocenters. The fourth-order valence-corrected chi connectivity index (χ4v) is 7.34. The van der Waals surface area contributed by atoms with Gasteiger partial charge in [-0.3, -0.25) is 4.79 Å². The average molecular weight is 337 g/mol. The van der Waals surface area contributed by atoms with Crippen LogP contribution in [0.2, 0.25) is 0 Å². The first-order chi connectivity index (χ1) is 10.8. The van der Waals surface area contributed by atoms with Gasteiger partial charge in [-0.05, 0) is 85.5 Å².